The summed E-state index contributed by atoms with van der Waals surface area (Å²) in [7, 11) is 0. The number of aromatic nitrogens is 3. The van der Waals surface area contributed by atoms with Gasteiger partial charge in [0.1, 0.15) is 5.82 Å². The van der Waals surface area contributed by atoms with Gasteiger partial charge in [0.25, 0.3) is 5.91 Å². The smallest absolute Gasteiger partial charge is 0.252 e. The third kappa shape index (κ3) is 3.07. The number of nitrogens with one attached hydrogen (secondary N) is 1. The number of rotatable bonds is 4. The Bertz CT molecular complexity index is 959. The third-order valence-corrected chi connectivity index (χ3v) is 5.66. The number of hydrogen-bond donors (Lipinski definition) is 1. The fourth-order valence-corrected chi connectivity index (χ4v) is 4.12. The predicted octanol–water partition coefficient (Wildman–Crippen LogP) is 3.93. The van der Waals surface area contributed by atoms with E-state index in [1.54, 1.807) is 12.3 Å². The van der Waals surface area contributed by atoms with Crippen molar-refractivity contribution < 1.29 is 4.79 Å². The van der Waals surface area contributed by atoms with Crippen LogP contribution in [0.5, 0.6) is 0 Å². The van der Waals surface area contributed by atoms with Gasteiger partial charge in [-0.3, -0.25) is 9.20 Å². The van der Waals surface area contributed by atoms with Crippen molar-refractivity contribution in [3.8, 4) is 0 Å². The summed E-state index contributed by atoms with van der Waals surface area (Å²) in [6.07, 6.45) is 6.28. The van der Waals surface area contributed by atoms with Crippen molar-refractivity contribution in [2.45, 2.75) is 38.0 Å². The highest BCUT2D eigenvalue weighted by molar-refractivity contribution is 6.30. The predicted molar refractivity (Wildman–Crippen MR) is 102 cm³/mol. The zero-order valence-electron chi connectivity index (χ0n) is 14.7. The molecule has 0 radical (unpaired) electrons. The van der Waals surface area contributed by atoms with Crippen LogP contribution in [0.2, 0.25) is 5.02 Å². The molecule has 1 saturated carbocycles. The summed E-state index contributed by atoms with van der Waals surface area (Å²) in [5.41, 5.74) is 2.54. The molecule has 0 aliphatic heterocycles. The third-order valence-electron chi connectivity index (χ3n) is 5.42. The summed E-state index contributed by atoms with van der Waals surface area (Å²) in [5.74, 6) is 0.689. The molecule has 1 aliphatic carbocycles. The van der Waals surface area contributed by atoms with E-state index in [4.69, 9.17) is 11.6 Å². The molecule has 2 aromatic heterocycles. The van der Waals surface area contributed by atoms with Crippen molar-refractivity contribution in [2.75, 3.05) is 6.54 Å². The van der Waals surface area contributed by atoms with E-state index in [0.29, 0.717) is 12.1 Å². The maximum atomic E-state index is 12.7. The first kappa shape index (κ1) is 17.0. The standard InChI is InChI=1S/C20H21ClN4O/c1-14-23-24-18-8-7-15(12-25(14)18)19(26)22-13-20(9-2-3-10-20)16-5-4-6-17(21)11-16/h4-8,11-12H,2-3,9-10,13H2,1H3,(H,22,26). The number of benzene rings is 1. The molecule has 1 aliphatic rings. The highest BCUT2D eigenvalue weighted by Gasteiger charge is 2.36. The van der Waals surface area contributed by atoms with Gasteiger partial charge in [-0.05, 0) is 49.6 Å². The Morgan fingerprint density at radius 1 is 1.23 bits per heavy atom. The molecule has 0 atom stereocenters. The van der Waals surface area contributed by atoms with Crippen LogP contribution in [0.25, 0.3) is 5.65 Å². The minimum absolute atomic E-state index is 0.0306. The SMILES string of the molecule is Cc1nnc2ccc(C(=O)NCC3(c4cccc(Cl)c4)CCCC3)cn12. The number of pyridine rings is 1. The second-order valence-corrected chi connectivity index (χ2v) is 7.51. The first-order valence-corrected chi connectivity index (χ1v) is 9.31. The van der Waals surface area contributed by atoms with Crippen LogP contribution < -0.4 is 5.32 Å². The number of carbonyl (C=O) groups is 1. The highest BCUT2D eigenvalue weighted by atomic mass is 35.5. The molecule has 0 spiro atoms. The molecular weight excluding hydrogens is 348 g/mol. The fourth-order valence-electron chi connectivity index (χ4n) is 3.93. The average molecular weight is 369 g/mol. The Morgan fingerprint density at radius 2 is 2.04 bits per heavy atom. The molecule has 2 heterocycles. The normalized spacial score (nSPS) is 16.1. The summed E-state index contributed by atoms with van der Waals surface area (Å²) in [5, 5.41) is 12.0. The maximum absolute atomic E-state index is 12.7. The minimum atomic E-state index is -0.0756. The summed E-state index contributed by atoms with van der Waals surface area (Å²) in [6, 6.07) is 11.6. The molecule has 1 amide bonds. The molecule has 1 N–H and O–H groups in total. The average Bonchev–Trinajstić information content (AvgIpc) is 3.28. The van der Waals surface area contributed by atoms with Crippen molar-refractivity contribution in [2.24, 2.45) is 0 Å². The van der Waals surface area contributed by atoms with Crippen molar-refractivity contribution in [3.05, 3.63) is 64.6 Å². The fraction of sp³-hybridized carbons (Fsp3) is 0.350. The number of aryl methyl sites for hydroxylation is 1. The Labute approximate surface area is 157 Å². The maximum Gasteiger partial charge on any atom is 0.252 e. The van der Waals surface area contributed by atoms with Crippen LogP contribution in [0.3, 0.4) is 0 Å². The molecule has 0 bridgehead atoms. The van der Waals surface area contributed by atoms with Gasteiger partial charge in [0.15, 0.2) is 5.65 Å². The summed E-state index contributed by atoms with van der Waals surface area (Å²) in [6.45, 7) is 2.49. The van der Waals surface area contributed by atoms with Gasteiger partial charge < -0.3 is 5.32 Å². The molecule has 1 aromatic carbocycles. The number of fused-ring (bicyclic) bond motifs is 1. The number of halogens is 1. The van der Waals surface area contributed by atoms with E-state index in [2.05, 4.69) is 21.6 Å². The van der Waals surface area contributed by atoms with Crippen molar-refractivity contribution in [3.63, 3.8) is 0 Å². The van der Waals surface area contributed by atoms with Gasteiger partial charge in [-0.15, -0.1) is 10.2 Å². The molecule has 134 valence electrons. The van der Waals surface area contributed by atoms with Gasteiger partial charge in [0.05, 0.1) is 5.56 Å². The van der Waals surface area contributed by atoms with E-state index in [9.17, 15) is 4.79 Å². The molecule has 5 nitrogen and oxygen atoms in total. The molecule has 0 unspecified atom stereocenters. The molecule has 3 aromatic rings. The van der Waals surface area contributed by atoms with E-state index in [-0.39, 0.29) is 11.3 Å². The van der Waals surface area contributed by atoms with Gasteiger partial charge in [0.2, 0.25) is 0 Å². The first-order chi connectivity index (χ1) is 12.6. The number of nitrogens with zero attached hydrogens (tertiary/aromatic N) is 3. The van der Waals surface area contributed by atoms with E-state index in [1.165, 1.54) is 18.4 Å². The zero-order chi connectivity index (χ0) is 18.1. The Morgan fingerprint density at radius 3 is 2.81 bits per heavy atom. The van der Waals surface area contributed by atoms with Crippen LogP contribution in [0, 0.1) is 6.92 Å². The molecule has 6 heteroatoms. The van der Waals surface area contributed by atoms with Crippen LogP contribution >= 0.6 is 11.6 Å². The lowest BCUT2D eigenvalue weighted by molar-refractivity contribution is 0.0942. The topological polar surface area (TPSA) is 59.3 Å². The van der Waals surface area contributed by atoms with Crippen LogP contribution in [0.15, 0.2) is 42.6 Å². The quantitative estimate of drug-likeness (QED) is 0.759. The Balaban J connectivity index is 1.55. The van der Waals surface area contributed by atoms with Gasteiger partial charge in [0, 0.05) is 23.2 Å². The molecule has 4 rings (SSSR count). The lowest BCUT2D eigenvalue weighted by atomic mass is 9.79. The summed E-state index contributed by atoms with van der Waals surface area (Å²) >= 11 is 6.20. The van der Waals surface area contributed by atoms with Crippen LogP contribution in [0.4, 0.5) is 0 Å². The van der Waals surface area contributed by atoms with Gasteiger partial charge in [-0.2, -0.15) is 0 Å². The lowest BCUT2D eigenvalue weighted by Crippen LogP contribution is -2.39. The van der Waals surface area contributed by atoms with E-state index in [1.807, 2.05) is 35.6 Å². The monoisotopic (exact) mass is 368 g/mol. The van der Waals surface area contributed by atoms with E-state index in [0.717, 1.165) is 29.3 Å². The van der Waals surface area contributed by atoms with Crippen LogP contribution in [-0.4, -0.2) is 27.0 Å². The van der Waals surface area contributed by atoms with Gasteiger partial charge in [-0.25, -0.2) is 0 Å². The van der Waals surface area contributed by atoms with Crippen LogP contribution in [0.1, 0.15) is 47.4 Å². The first-order valence-electron chi connectivity index (χ1n) is 8.93. The second-order valence-electron chi connectivity index (χ2n) is 7.07. The molecular formula is C20H21ClN4O. The Kier molecular flexibility index (Phi) is 4.41. The van der Waals surface area contributed by atoms with Crippen LogP contribution in [-0.2, 0) is 5.41 Å². The Hall–Kier alpha value is -2.40. The second kappa shape index (κ2) is 6.72. The summed E-state index contributed by atoms with van der Waals surface area (Å²) < 4.78 is 1.83. The van der Waals surface area contributed by atoms with Crippen molar-refractivity contribution in [1.29, 1.82) is 0 Å². The molecule has 1 fully saturated rings. The minimum Gasteiger partial charge on any atom is -0.351 e. The van der Waals surface area contributed by atoms with Crippen molar-refractivity contribution in [1.82, 2.24) is 19.9 Å². The largest absolute Gasteiger partial charge is 0.351 e. The number of carbonyl (C=O) groups excluding carboxylic acids is 1. The van der Waals surface area contributed by atoms with Gasteiger partial charge in [-0.1, -0.05) is 36.6 Å². The number of amides is 1. The zero-order valence-corrected chi connectivity index (χ0v) is 15.5. The lowest BCUT2D eigenvalue weighted by Gasteiger charge is -2.30. The molecule has 0 saturated heterocycles. The number of hydrogen-bond acceptors (Lipinski definition) is 3. The van der Waals surface area contributed by atoms with Gasteiger partial charge >= 0.3 is 0 Å². The summed E-state index contributed by atoms with van der Waals surface area (Å²) in [4.78, 5) is 12.7. The highest BCUT2D eigenvalue weighted by Crippen LogP contribution is 2.41. The molecule has 26 heavy (non-hydrogen) atoms. The van der Waals surface area contributed by atoms with E-state index < -0.39 is 0 Å². The van der Waals surface area contributed by atoms with Crippen molar-refractivity contribution >= 4 is 23.2 Å². The van der Waals surface area contributed by atoms with E-state index >= 15 is 0 Å².